The third-order valence-corrected chi connectivity index (χ3v) is 4.58. The normalized spacial score (nSPS) is 19.2. The zero-order valence-corrected chi connectivity index (χ0v) is 14.7. The molecule has 1 heterocycles. The Morgan fingerprint density at radius 1 is 1.12 bits per heavy atom. The molecule has 1 fully saturated rings. The van der Waals surface area contributed by atoms with Crippen molar-refractivity contribution in [2.45, 2.75) is 32.0 Å². The topological polar surface area (TPSA) is 81.7 Å². The highest BCUT2D eigenvalue weighted by atomic mass is 16.3. The second-order valence-electron chi connectivity index (χ2n) is 6.50. The number of aliphatic hydroxyl groups is 1. The number of para-hydroxylation sites is 1. The molecule has 26 heavy (non-hydrogen) atoms. The van der Waals surface area contributed by atoms with E-state index in [-0.39, 0.29) is 24.9 Å². The number of hydrogen-bond acceptors (Lipinski definition) is 3. The molecule has 3 N–H and O–H groups in total. The summed E-state index contributed by atoms with van der Waals surface area (Å²) >= 11 is 0. The molecule has 2 atom stereocenters. The number of amides is 3. The van der Waals surface area contributed by atoms with Gasteiger partial charge in [0.2, 0.25) is 5.91 Å². The number of nitrogens with zero attached hydrogens (tertiary/aromatic N) is 1. The predicted octanol–water partition coefficient (Wildman–Crippen LogP) is 2.28. The molecule has 0 unspecified atom stereocenters. The van der Waals surface area contributed by atoms with Crippen molar-refractivity contribution in [1.29, 1.82) is 0 Å². The minimum absolute atomic E-state index is 0.140. The van der Waals surface area contributed by atoms with E-state index >= 15 is 0 Å². The first-order valence-corrected chi connectivity index (χ1v) is 8.67. The van der Waals surface area contributed by atoms with Gasteiger partial charge in [-0.2, -0.15) is 0 Å². The molecule has 0 aromatic heterocycles. The van der Waals surface area contributed by atoms with Crippen LogP contribution in [0.1, 0.15) is 17.5 Å². The molecule has 3 rings (SSSR count). The van der Waals surface area contributed by atoms with Crippen molar-refractivity contribution >= 4 is 17.6 Å². The van der Waals surface area contributed by atoms with E-state index < -0.39 is 12.1 Å². The maximum Gasteiger partial charge on any atom is 0.322 e. The summed E-state index contributed by atoms with van der Waals surface area (Å²) in [6.45, 7) is 2.52. The SMILES string of the molecule is Cc1ccccc1CNC(=O)[C@@H]1C[C@@H](O)CN1C(=O)Nc1ccccc1. The quantitative estimate of drug-likeness (QED) is 0.789. The third kappa shape index (κ3) is 4.21. The second-order valence-corrected chi connectivity index (χ2v) is 6.50. The lowest BCUT2D eigenvalue weighted by Crippen LogP contribution is -2.47. The molecule has 0 spiro atoms. The molecule has 2 aromatic rings. The Hall–Kier alpha value is -2.86. The Morgan fingerprint density at radius 2 is 1.81 bits per heavy atom. The van der Waals surface area contributed by atoms with Crippen LogP contribution in [-0.2, 0) is 11.3 Å². The van der Waals surface area contributed by atoms with E-state index in [9.17, 15) is 14.7 Å². The number of aliphatic hydroxyl groups excluding tert-OH is 1. The number of rotatable bonds is 4. The zero-order chi connectivity index (χ0) is 18.5. The van der Waals surface area contributed by atoms with E-state index in [1.165, 1.54) is 4.90 Å². The molecule has 1 aliphatic rings. The predicted molar refractivity (Wildman–Crippen MR) is 99.6 cm³/mol. The maximum absolute atomic E-state index is 12.6. The second kappa shape index (κ2) is 8.01. The van der Waals surface area contributed by atoms with Gasteiger partial charge in [-0.15, -0.1) is 0 Å². The number of anilines is 1. The van der Waals surface area contributed by atoms with Crippen molar-refractivity contribution < 1.29 is 14.7 Å². The number of urea groups is 1. The molecule has 1 saturated heterocycles. The highest BCUT2D eigenvalue weighted by Gasteiger charge is 2.38. The van der Waals surface area contributed by atoms with Crippen molar-refractivity contribution in [3.63, 3.8) is 0 Å². The van der Waals surface area contributed by atoms with Crippen LogP contribution in [0.15, 0.2) is 54.6 Å². The first kappa shape index (κ1) is 17.9. The minimum Gasteiger partial charge on any atom is -0.391 e. The lowest BCUT2D eigenvalue weighted by atomic mass is 10.1. The molecule has 6 heteroatoms. The zero-order valence-electron chi connectivity index (χ0n) is 14.7. The van der Waals surface area contributed by atoms with E-state index in [1.807, 2.05) is 49.4 Å². The fraction of sp³-hybridized carbons (Fsp3) is 0.300. The van der Waals surface area contributed by atoms with Gasteiger partial charge >= 0.3 is 6.03 Å². The highest BCUT2D eigenvalue weighted by molar-refractivity contribution is 5.94. The van der Waals surface area contributed by atoms with Gasteiger partial charge < -0.3 is 20.6 Å². The lowest BCUT2D eigenvalue weighted by molar-refractivity contribution is -0.124. The standard InChI is InChI=1S/C20H23N3O3/c1-14-7-5-6-8-15(14)12-21-19(25)18-11-17(24)13-23(18)20(26)22-16-9-3-2-4-10-16/h2-10,17-18,24H,11-13H2,1H3,(H,21,25)(H,22,26)/t17-,18+/m1/s1. The molecule has 136 valence electrons. The van der Waals surface area contributed by atoms with Crippen LogP contribution in [0.4, 0.5) is 10.5 Å². The molecular formula is C20H23N3O3. The van der Waals surface area contributed by atoms with Crippen LogP contribution in [0.5, 0.6) is 0 Å². The van der Waals surface area contributed by atoms with Crippen LogP contribution in [0.2, 0.25) is 0 Å². The molecule has 0 saturated carbocycles. The van der Waals surface area contributed by atoms with Crippen molar-refractivity contribution in [2.24, 2.45) is 0 Å². The number of aryl methyl sites for hydroxylation is 1. The van der Waals surface area contributed by atoms with Gasteiger partial charge in [-0.3, -0.25) is 4.79 Å². The van der Waals surface area contributed by atoms with Crippen molar-refractivity contribution in [3.8, 4) is 0 Å². The van der Waals surface area contributed by atoms with Crippen LogP contribution in [-0.4, -0.2) is 40.6 Å². The van der Waals surface area contributed by atoms with Gasteiger partial charge in [0.25, 0.3) is 0 Å². The summed E-state index contributed by atoms with van der Waals surface area (Å²) in [5.74, 6) is -0.256. The van der Waals surface area contributed by atoms with E-state index in [1.54, 1.807) is 12.1 Å². The average molecular weight is 353 g/mol. The van der Waals surface area contributed by atoms with Gasteiger partial charge in [-0.1, -0.05) is 42.5 Å². The molecule has 6 nitrogen and oxygen atoms in total. The first-order chi connectivity index (χ1) is 12.5. The number of nitrogens with one attached hydrogen (secondary N) is 2. The first-order valence-electron chi connectivity index (χ1n) is 8.67. The molecule has 3 amide bonds. The number of hydrogen-bond donors (Lipinski definition) is 3. The smallest absolute Gasteiger partial charge is 0.322 e. The Morgan fingerprint density at radius 3 is 2.54 bits per heavy atom. The number of likely N-dealkylation sites (tertiary alicyclic amines) is 1. The van der Waals surface area contributed by atoms with Crippen LogP contribution < -0.4 is 10.6 Å². The Balaban J connectivity index is 1.64. The highest BCUT2D eigenvalue weighted by Crippen LogP contribution is 2.20. The van der Waals surface area contributed by atoms with Crippen molar-refractivity contribution in [3.05, 3.63) is 65.7 Å². The van der Waals surface area contributed by atoms with Crippen LogP contribution >= 0.6 is 0 Å². The average Bonchev–Trinajstić information content (AvgIpc) is 3.04. The third-order valence-electron chi connectivity index (χ3n) is 4.58. The molecule has 0 aliphatic carbocycles. The maximum atomic E-state index is 12.6. The van der Waals surface area contributed by atoms with E-state index in [0.29, 0.717) is 12.2 Å². The summed E-state index contributed by atoms with van der Waals surface area (Å²) in [6.07, 6.45) is -0.465. The van der Waals surface area contributed by atoms with Gasteiger partial charge in [0.1, 0.15) is 6.04 Å². The van der Waals surface area contributed by atoms with Crippen LogP contribution in [0.3, 0.4) is 0 Å². The number of carbonyl (C=O) groups is 2. The Bertz CT molecular complexity index is 779. The van der Waals surface area contributed by atoms with Crippen molar-refractivity contribution in [2.75, 3.05) is 11.9 Å². The van der Waals surface area contributed by atoms with E-state index in [0.717, 1.165) is 11.1 Å². The summed E-state index contributed by atoms with van der Waals surface area (Å²) in [4.78, 5) is 26.5. The van der Waals surface area contributed by atoms with Crippen LogP contribution in [0, 0.1) is 6.92 Å². The molecule has 0 radical (unpaired) electrons. The van der Waals surface area contributed by atoms with Gasteiger partial charge in [0.05, 0.1) is 6.10 Å². The summed E-state index contributed by atoms with van der Waals surface area (Å²) in [5, 5.41) is 15.6. The Kier molecular flexibility index (Phi) is 5.53. The molecular weight excluding hydrogens is 330 g/mol. The fourth-order valence-electron chi connectivity index (χ4n) is 3.11. The van der Waals surface area contributed by atoms with E-state index in [2.05, 4.69) is 10.6 Å². The monoisotopic (exact) mass is 353 g/mol. The van der Waals surface area contributed by atoms with E-state index in [4.69, 9.17) is 0 Å². The van der Waals surface area contributed by atoms with Crippen LogP contribution in [0.25, 0.3) is 0 Å². The summed E-state index contributed by atoms with van der Waals surface area (Å²) in [5.41, 5.74) is 2.77. The number of β-amino-alcohol motifs (C(OH)–C–C–N with tert-alkyl or cyclic N) is 1. The number of carbonyl (C=O) groups excluding carboxylic acids is 2. The van der Waals surface area contributed by atoms with Gasteiger partial charge in [-0.05, 0) is 30.2 Å². The Labute approximate surface area is 152 Å². The van der Waals surface area contributed by atoms with Gasteiger partial charge in [0.15, 0.2) is 0 Å². The fourth-order valence-corrected chi connectivity index (χ4v) is 3.11. The minimum atomic E-state index is -0.703. The lowest BCUT2D eigenvalue weighted by Gasteiger charge is -2.24. The van der Waals surface area contributed by atoms with Gasteiger partial charge in [0, 0.05) is 25.2 Å². The summed E-state index contributed by atoms with van der Waals surface area (Å²) in [7, 11) is 0. The van der Waals surface area contributed by atoms with Crippen molar-refractivity contribution in [1.82, 2.24) is 10.2 Å². The largest absolute Gasteiger partial charge is 0.391 e. The molecule has 1 aliphatic heterocycles. The molecule has 0 bridgehead atoms. The summed E-state index contributed by atoms with van der Waals surface area (Å²) < 4.78 is 0. The molecule has 2 aromatic carbocycles. The number of benzene rings is 2. The summed E-state index contributed by atoms with van der Waals surface area (Å²) in [6, 6.07) is 15.8. The van der Waals surface area contributed by atoms with Gasteiger partial charge in [-0.25, -0.2) is 4.79 Å².